The summed E-state index contributed by atoms with van der Waals surface area (Å²) >= 11 is 0. The van der Waals surface area contributed by atoms with Gasteiger partial charge in [0, 0.05) is 19.6 Å². The second-order valence-electron chi connectivity index (χ2n) is 13.1. The van der Waals surface area contributed by atoms with Gasteiger partial charge in [-0.2, -0.15) is 0 Å². The van der Waals surface area contributed by atoms with Crippen molar-refractivity contribution in [1.29, 1.82) is 0 Å². The minimum Gasteiger partial charge on any atom is -0.457 e. The molecule has 0 radical (unpaired) electrons. The summed E-state index contributed by atoms with van der Waals surface area (Å²) in [7, 11) is -4.27. The molecule has 0 aliphatic rings. The second kappa shape index (κ2) is 37.2. The molecule has 0 heterocycles. The van der Waals surface area contributed by atoms with E-state index >= 15 is 0 Å². The van der Waals surface area contributed by atoms with Crippen molar-refractivity contribution in [2.75, 3.05) is 33.0 Å². The summed E-state index contributed by atoms with van der Waals surface area (Å²) in [5.41, 5.74) is 5.35. The molecule has 0 amide bonds. The first-order valence-electron chi connectivity index (χ1n) is 19.8. The molecule has 0 aliphatic carbocycles. The van der Waals surface area contributed by atoms with E-state index in [1.807, 2.05) is 0 Å². The summed E-state index contributed by atoms with van der Waals surface area (Å²) in [6, 6.07) is 0. The molecule has 48 heavy (non-hydrogen) atoms. The molecule has 0 fully saturated rings. The van der Waals surface area contributed by atoms with Crippen LogP contribution in [-0.4, -0.2) is 49.9 Å². The lowest BCUT2D eigenvalue weighted by Crippen LogP contribution is -2.28. The fourth-order valence-corrected chi connectivity index (χ4v) is 6.16. The number of rotatable bonds is 38. The maximum atomic E-state index is 12.5. The van der Waals surface area contributed by atoms with E-state index in [2.05, 4.69) is 38.2 Å². The number of phosphoric acid groups is 1. The summed E-state index contributed by atoms with van der Waals surface area (Å²) in [4.78, 5) is 22.4. The van der Waals surface area contributed by atoms with Crippen LogP contribution >= 0.6 is 7.82 Å². The van der Waals surface area contributed by atoms with Crippen molar-refractivity contribution in [3.05, 3.63) is 24.3 Å². The van der Waals surface area contributed by atoms with Gasteiger partial charge in [0.05, 0.1) is 19.8 Å². The number of nitrogens with two attached hydrogens (primary N) is 1. The summed E-state index contributed by atoms with van der Waals surface area (Å²) in [5, 5.41) is 0. The molecule has 2 unspecified atom stereocenters. The third kappa shape index (κ3) is 36.3. The fourth-order valence-electron chi connectivity index (χ4n) is 5.40. The Kier molecular flexibility index (Phi) is 36.4. The van der Waals surface area contributed by atoms with Crippen molar-refractivity contribution in [2.45, 2.75) is 187 Å². The van der Waals surface area contributed by atoms with Gasteiger partial charge in [-0.3, -0.25) is 13.8 Å². The number of hydrogen-bond acceptors (Lipinski definition) is 7. The van der Waals surface area contributed by atoms with E-state index in [1.54, 1.807) is 0 Å². The first-order chi connectivity index (χ1) is 23.4. The topological polar surface area (TPSA) is 117 Å². The van der Waals surface area contributed by atoms with Crippen LogP contribution in [0.3, 0.4) is 0 Å². The molecule has 0 aliphatic heterocycles. The number of unbranched alkanes of at least 4 members (excludes halogenated alkanes) is 21. The third-order valence-electron chi connectivity index (χ3n) is 8.34. The predicted molar refractivity (Wildman–Crippen MR) is 201 cm³/mol. The van der Waals surface area contributed by atoms with Crippen LogP contribution in [0.5, 0.6) is 0 Å². The summed E-state index contributed by atoms with van der Waals surface area (Å²) < 4.78 is 33.3. The molecule has 8 nitrogen and oxygen atoms in total. The molecule has 284 valence electrons. The lowest BCUT2D eigenvalue weighted by atomic mass is 10.1. The first kappa shape index (κ1) is 47.0. The standard InChI is InChI=1S/C39H76NO7P/c1-3-5-7-9-11-13-15-17-18-19-20-22-24-26-28-30-32-39(41)47-38(37-46-48(42,43)45-35-33-40)36-44-34-31-29-27-25-23-21-16-14-12-10-8-6-4-2/h12,14,18-19,38H,3-11,13,15-17,20-37,40H2,1-2H3,(H,42,43)/b14-12-,19-18-. The number of esters is 1. The summed E-state index contributed by atoms with van der Waals surface area (Å²) in [5.74, 6) is -0.341. The van der Waals surface area contributed by atoms with Crippen molar-refractivity contribution in [3.8, 4) is 0 Å². The molecule has 2 atom stereocenters. The molecule has 0 saturated carbocycles. The van der Waals surface area contributed by atoms with Gasteiger partial charge in [0.25, 0.3) is 0 Å². The zero-order valence-corrected chi connectivity index (χ0v) is 32.1. The second-order valence-corrected chi connectivity index (χ2v) is 14.6. The quantitative estimate of drug-likeness (QED) is 0.0283. The van der Waals surface area contributed by atoms with Crippen molar-refractivity contribution >= 4 is 13.8 Å². The average molecular weight is 702 g/mol. The number of hydrogen-bond donors (Lipinski definition) is 2. The largest absolute Gasteiger partial charge is 0.472 e. The minimum absolute atomic E-state index is 0.0972. The van der Waals surface area contributed by atoms with E-state index in [0.29, 0.717) is 13.0 Å². The smallest absolute Gasteiger partial charge is 0.457 e. The highest BCUT2D eigenvalue weighted by Crippen LogP contribution is 2.43. The van der Waals surface area contributed by atoms with Crippen molar-refractivity contribution < 1.29 is 32.8 Å². The number of phosphoric ester groups is 1. The highest BCUT2D eigenvalue weighted by Gasteiger charge is 2.25. The maximum absolute atomic E-state index is 12.5. The van der Waals surface area contributed by atoms with Gasteiger partial charge in [-0.25, -0.2) is 4.57 Å². The van der Waals surface area contributed by atoms with Crippen LogP contribution in [0.15, 0.2) is 24.3 Å². The summed E-state index contributed by atoms with van der Waals surface area (Å²) in [6.07, 6.45) is 39.0. The molecule has 0 aromatic carbocycles. The van der Waals surface area contributed by atoms with Gasteiger partial charge in [0.1, 0.15) is 6.10 Å². The average Bonchev–Trinajstić information content (AvgIpc) is 3.07. The Morgan fingerprint density at radius 2 is 1.04 bits per heavy atom. The fraction of sp³-hybridized carbons (Fsp3) is 0.872. The Bertz CT molecular complexity index is 792. The zero-order valence-electron chi connectivity index (χ0n) is 31.2. The van der Waals surface area contributed by atoms with E-state index in [1.165, 1.54) is 116 Å². The number of ether oxygens (including phenoxy) is 2. The Labute approximate surface area is 296 Å². The SMILES string of the molecule is CCCCC/C=C\CCCCCCCCOCC(COP(=O)(O)OCCN)OC(=O)CCCCCCC/C=C\CCCCCCCCC. The first-order valence-corrected chi connectivity index (χ1v) is 21.3. The minimum atomic E-state index is -4.27. The van der Waals surface area contributed by atoms with Crippen LogP contribution in [0.4, 0.5) is 0 Å². The monoisotopic (exact) mass is 702 g/mol. The molecule has 3 N–H and O–H groups in total. The summed E-state index contributed by atoms with van der Waals surface area (Å²) in [6.45, 7) is 4.88. The Morgan fingerprint density at radius 3 is 1.56 bits per heavy atom. The van der Waals surface area contributed by atoms with E-state index in [-0.39, 0.29) is 32.3 Å². The van der Waals surface area contributed by atoms with Crippen molar-refractivity contribution in [3.63, 3.8) is 0 Å². The zero-order chi connectivity index (χ0) is 35.2. The van der Waals surface area contributed by atoms with Crippen molar-refractivity contribution in [1.82, 2.24) is 0 Å². The van der Waals surface area contributed by atoms with E-state index < -0.39 is 13.9 Å². The van der Waals surface area contributed by atoms with Crippen LogP contribution in [0.2, 0.25) is 0 Å². The van der Waals surface area contributed by atoms with E-state index in [4.69, 9.17) is 24.3 Å². The molecule has 0 saturated heterocycles. The highest BCUT2D eigenvalue weighted by molar-refractivity contribution is 7.47. The molecule has 0 aromatic heterocycles. The van der Waals surface area contributed by atoms with Crippen LogP contribution in [0.1, 0.15) is 181 Å². The molecule has 0 spiro atoms. The van der Waals surface area contributed by atoms with Crippen LogP contribution in [-0.2, 0) is 27.9 Å². The van der Waals surface area contributed by atoms with Crippen LogP contribution in [0.25, 0.3) is 0 Å². The molecule has 0 aromatic rings. The van der Waals surface area contributed by atoms with E-state index in [9.17, 15) is 14.3 Å². The predicted octanol–water partition coefficient (Wildman–Crippen LogP) is 11.3. The van der Waals surface area contributed by atoms with Crippen molar-refractivity contribution in [2.24, 2.45) is 5.73 Å². The molecule has 9 heteroatoms. The Balaban J connectivity index is 4.08. The van der Waals surface area contributed by atoms with Crippen LogP contribution < -0.4 is 5.73 Å². The lowest BCUT2D eigenvalue weighted by molar-refractivity contribution is -0.154. The number of allylic oxidation sites excluding steroid dienone is 4. The molecular weight excluding hydrogens is 625 g/mol. The maximum Gasteiger partial charge on any atom is 0.472 e. The number of carbonyl (C=O) groups is 1. The van der Waals surface area contributed by atoms with E-state index in [0.717, 1.165) is 44.9 Å². The van der Waals surface area contributed by atoms with Gasteiger partial charge >= 0.3 is 13.8 Å². The normalized spacial score (nSPS) is 13.8. The van der Waals surface area contributed by atoms with Gasteiger partial charge < -0.3 is 20.1 Å². The van der Waals surface area contributed by atoms with Crippen LogP contribution in [0, 0.1) is 0 Å². The van der Waals surface area contributed by atoms with Gasteiger partial charge in [0.15, 0.2) is 0 Å². The lowest BCUT2D eigenvalue weighted by Gasteiger charge is -2.20. The van der Waals surface area contributed by atoms with Gasteiger partial charge in [-0.05, 0) is 64.2 Å². The van der Waals surface area contributed by atoms with Gasteiger partial charge in [-0.1, -0.05) is 134 Å². The highest BCUT2D eigenvalue weighted by atomic mass is 31.2. The third-order valence-corrected chi connectivity index (χ3v) is 9.33. The van der Waals surface area contributed by atoms with Gasteiger partial charge in [-0.15, -0.1) is 0 Å². The van der Waals surface area contributed by atoms with Gasteiger partial charge in [0.2, 0.25) is 0 Å². The Morgan fingerprint density at radius 1 is 0.604 bits per heavy atom. The molecule has 0 rings (SSSR count). The molecular formula is C39H76NO7P. The molecule has 0 bridgehead atoms. The number of carbonyl (C=O) groups excluding carboxylic acids is 1. The Hall–Kier alpha value is -1.02.